The van der Waals surface area contributed by atoms with Crippen molar-refractivity contribution in [2.45, 2.75) is 44.1 Å². The molecule has 2 aromatic carbocycles. The molecular formula is C28H33FN2O3. The minimum Gasteiger partial charge on any atom is -0.497 e. The number of likely N-dealkylation sites (tertiary alicyclic amines) is 1. The third kappa shape index (κ3) is 5.12. The van der Waals surface area contributed by atoms with E-state index in [-0.39, 0.29) is 30.1 Å². The van der Waals surface area contributed by atoms with E-state index in [1.165, 1.54) is 24.5 Å². The highest BCUT2D eigenvalue weighted by molar-refractivity contribution is 5.99. The first kappa shape index (κ1) is 22.9. The number of fused-ring (bicyclic) bond motifs is 1. The third-order valence-electron chi connectivity index (χ3n) is 7.56. The third-order valence-corrected chi connectivity index (χ3v) is 7.56. The Bertz CT molecular complexity index is 1040. The maximum absolute atomic E-state index is 13.8. The van der Waals surface area contributed by atoms with Crippen molar-refractivity contribution < 1.29 is 18.7 Å². The summed E-state index contributed by atoms with van der Waals surface area (Å²) in [6, 6.07) is 13.5. The van der Waals surface area contributed by atoms with Gasteiger partial charge < -0.3 is 19.7 Å². The number of benzene rings is 2. The molecule has 2 fully saturated rings. The zero-order valence-corrected chi connectivity index (χ0v) is 19.8. The Morgan fingerprint density at radius 2 is 1.91 bits per heavy atom. The summed E-state index contributed by atoms with van der Waals surface area (Å²) in [7, 11) is 1.70. The number of methoxy groups -OCH3 is 1. The van der Waals surface area contributed by atoms with Crippen LogP contribution in [-0.2, 0) is 4.79 Å². The van der Waals surface area contributed by atoms with Gasteiger partial charge in [-0.05, 0) is 86.9 Å². The molecule has 5 nitrogen and oxygen atoms in total. The largest absolute Gasteiger partial charge is 0.497 e. The molecule has 180 valence electrons. The number of hydrogen-bond acceptors (Lipinski definition) is 4. The fourth-order valence-corrected chi connectivity index (χ4v) is 5.64. The molecule has 0 radical (unpaired) electrons. The van der Waals surface area contributed by atoms with Gasteiger partial charge in [-0.2, -0.15) is 0 Å². The number of hydrogen-bond donors (Lipinski definition) is 1. The Kier molecular flexibility index (Phi) is 6.86. The smallest absolute Gasteiger partial charge is 0.250 e. The lowest BCUT2D eigenvalue weighted by Gasteiger charge is -2.33. The zero-order valence-electron chi connectivity index (χ0n) is 19.8. The Labute approximate surface area is 200 Å². The molecule has 0 bridgehead atoms. The summed E-state index contributed by atoms with van der Waals surface area (Å²) in [6.45, 7) is 3.48. The van der Waals surface area contributed by atoms with E-state index < -0.39 is 0 Å². The van der Waals surface area contributed by atoms with Gasteiger partial charge in [-0.3, -0.25) is 4.79 Å². The van der Waals surface area contributed by atoms with Crippen molar-refractivity contribution in [2.75, 3.05) is 33.4 Å². The van der Waals surface area contributed by atoms with Gasteiger partial charge in [0.2, 0.25) is 0 Å². The van der Waals surface area contributed by atoms with Gasteiger partial charge in [0.1, 0.15) is 12.4 Å². The summed E-state index contributed by atoms with van der Waals surface area (Å²) in [5.41, 5.74) is 2.59. The molecule has 34 heavy (non-hydrogen) atoms. The highest BCUT2D eigenvalue weighted by atomic mass is 19.1. The van der Waals surface area contributed by atoms with Crippen molar-refractivity contribution >= 4 is 12.0 Å². The van der Waals surface area contributed by atoms with E-state index in [1.807, 2.05) is 0 Å². The Morgan fingerprint density at radius 1 is 1.12 bits per heavy atom. The quantitative estimate of drug-likeness (QED) is 0.669. The number of ether oxygens (including phenoxy) is 2. The van der Waals surface area contributed by atoms with Crippen LogP contribution in [0, 0.1) is 11.7 Å². The molecule has 0 unspecified atom stereocenters. The Morgan fingerprint density at radius 3 is 2.68 bits per heavy atom. The second-order valence-corrected chi connectivity index (χ2v) is 9.81. The van der Waals surface area contributed by atoms with Crippen molar-refractivity contribution in [2.24, 2.45) is 5.92 Å². The van der Waals surface area contributed by atoms with Crippen LogP contribution < -0.4 is 14.8 Å². The molecule has 3 aliphatic rings. The van der Waals surface area contributed by atoms with E-state index in [0.29, 0.717) is 23.0 Å². The van der Waals surface area contributed by atoms with Gasteiger partial charge in [0.05, 0.1) is 12.7 Å². The van der Waals surface area contributed by atoms with Crippen molar-refractivity contribution in [3.63, 3.8) is 0 Å². The highest BCUT2D eigenvalue weighted by Crippen LogP contribution is 2.33. The molecule has 2 heterocycles. The van der Waals surface area contributed by atoms with Gasteiger partial charge in [-0.25, -0.2) is 4.39 Å². The average molecular weight is 465 g/mol. The first-order chi connectivity index (χ1) is 16.6. The lowest BCUT2D eigenvalue weighted by atomic mass is 9.89. The van der Waals surface area contributed by atoms with E-state index >= 15 is 0 Å². The molecule has 1 aliphatic carbocycles. The summed E-state index contributed by atoms with van der Waals surface area (Å²) < 4.78 is 24.6. The van der Waals surface area contributed by atoms with Gasteiger partial charge in [0.25, 0.3) is 5.91 Å². The number of carbonyl (C=O) groups is 1. The molecule has 1 saturated heterocycles. The van der Waals surface area contributed by atoms with Crippen molar-refractivity contribution in [1.82, 2.24) is 10.2 Å². The number of para-hydroxylation sites is 1. The second kappa shape index (κ2) is 10.2. The van der Waals surface area contributed by atoms with Crippen molar-refractivity contribution in [3.8, 4) is 11.5 Å². The van der Waals surface area contributed by atoms with Crippen LogP contribution in [0.4, 0.5) is 4.39 Å². The molecule has 2 aromatic rings. The Balaban J connectivity index is 1.08. The topological polar surface area (TPSA) is 50.8 Å². The van der Waals surface area contributed by atoms with Gasteiger partial charge in [-0.1, -0.05) is 24.3 Å². The average Bonchev–Trinajstić information content (AvgIpc) is 3.31. The monoisotopic (exact) mass is 464 g/mol. The minimum absolute atomic E-state index is 0.0964. The summed E-state index contributed by atoms with van der Waals surface area (Å²) in [5.74, 6) is 1.91. The SMILES string of the molecule is COc1ccc(C2CCN(C[C@H]3CC[C@@H](NC(=O)C4=Cc5cccc(F)c5OC4)C3)CC2)cc1. The molecule has 6 heteroatoms. The van der Waals surface area contributed by atoms with Crippen molar-refractivity contribution in [1.29, 1.82) is 0 Å². The molecule has 0 spiro atoms. The van der Waals surface area contributed by atoms with E-state index in [9.17, 15) is 9.18 Å². The lowest BCUT2D eigenvalue weighted by Crippen LogP contribution is -2.38. The molecule has 1 N–H and O–H groups in total. The lowest BCUT2D eigenvalue weighted by molar-refractivity contribution is -0.118. The predicted octanol–water partition coefficient (Wildman–Crippen LogP) is 4.77. The van der Waals surface area contributed by atoms with Gasteiger partial charge >= 0.3 is 0 Å². The fourth-order valence-electron chi connectivity index (χ4n) is 5.64. The summed E-state index contributed by atoms with van der Waals surface area (Å²) in [4.78, 5) is 15.4. The number of carbonyl (C=O) groups excluding carboxylic acids is 1. The number of nitrogens with one attached hydrogen (secondary N) is 1. The van der Waals surface area contributed by atoms with Crippen LogP contribution in [0.2, 0.25) is 0 Å². The highest BCUT2D eigenvalue weighted by Gasteiger charge is 2.30. The van der Waals surface area contributed by atoms with Crippen LogP contribution in [0.25, 0.3) is 6.08 Å². The molecular weight excluding hydrogens is 431 g/mol. The summed E-state index contributed by atoms with van der Waals surface area (Å²) in [5, 5.41) is 3.19. The Hall–Kier alpha value is -2.86. The second-order valence-electron chi connectivity index (χ2n) is 9.81. The first-order valence-electron chi connectivity index (χ1n) is 12.4. The molecule has 0 aromatic heterocycles. The zero-order chi connectivity index (χ0) is 23.5. The maximum atomic E-state index is 13.8. The van der Waals surface area contributed by atoms with Crippen LogP contribution in [0.3, 0.4) is 0 Å². The van der Waals surface area contributed by atoms with Crippen LogP contribution in [0.1, 0.15) is 49.1 Å². The number of rotatable bonds is 6. The van der Waals surface area contributed by atoms with Crippen LogP contribution in [-0.4, -0.2) is 50.2 Å². The van der Waals surface area contributed by atoms with E-state index in [1.54, 1.807) is 25.3 Å². The minimum atomic E-state index is -0.389. The number of piperidine rings is 1. The predicted molar refractivity (Wildman–Crippen MR) is 131 cm³/mol. The van der Waals surface area contributed by atoms with E-state index in [2.05, 4.69) is 34.5 Å². The normalized spacial score (nSPS) is 23.1. The molecule has 2 atom stereocenters. The van der Waals surface area contributed by atoms with Gasteiger partial charge in [0, 0.05) is 18.2 Å². The van der Waals surface area contributed by atoms with Crippen molar-refractivity contribution in [3.05, 3.63) is 65.0 Å². The summed E-state index contributed by atoms with van der Waals surface area (Å²) >= 11 is 0. The number of nitrogens with zero attached hydrogens (tertiary/aromatic N) is 1. The van der Waals surface area contributed by atoms with Gasteiger partial charge in [-0.15, -0.1) is 0 Å². The van der Waals surface area contributed by atoms with E-state index in [0.717, 1.165) is 44.6 Å². The van der Waals surface area contributed by atoms with Crippen LogP contribution >= 0.6 is 0 Å². The molecule has 5 rings (SSSR count). The molecule has 1 saturated carbocycles. The fraction of sp³-hybridized carbons (Fsp3) is 0.464. The number of halogens is 1. The molecule has 2 aliphatic heterocycles. The maximum Gasteiger partial charge on any atom is 0.250 e. The standard InChI is InChI=1S/C28H33FN2O3/c1-33-25-9-6-20(7-10-25)21-11-13-31(14-12-21)17-19-5-8-24(15-19)30-28(32)23-16-22-3-2-4-26(29)27(22)34-18-23/h2-4,6-7,9-10,16,19,21,24H,5,8,11-15,17-18H2,1H3,(H,30,32)/t19-,24+/m0/s1. The number of amides is 1. The van der Waals surface area contributed by atoms with Gasteiger partial charge in [0.15, 0.2) is 11.6 Å². The van der Waals surface area contributed by atoms with Crippen LogP contribution in [0.15, 0.2) is 48.0 Å². The van der Waals surface area contributed by atoms with Crippen LogP contribution in [0.5, 0.6) is 11.5 Å². The first-order valence-corrected chi connectivity index (χ1v) is 12.4. The van der Waals surface area contributed by atoms with E-state index in [4.69, 9.17) is 9.47 Å². The summed E-state index contributed by atoms with van der Waals surface area (Å²) in [6.07, 6.45) is 7.30. The molecule has 1 amide bonds.